The van der Waals surface area contributed by atoms with Crippen LogP contribution in [0.15, 0.2) is 42.6 Å². The zero-order chi connectivity index (χ0) is 23.8. The van der Waals surface area contributed by atoms with Crippen molar-refractivity contribution in [3.63, 3.8) is 0 Å². The maximum absolute atomic E-state index is 14.4. The quantitative estimate of drug-likeness (QED) is 0.401. The van der Waals surface area contributed by atoms with Crippen LogP contribution in [0.1, 0.15) is 10.5 Å². The zero-order valence-electron chi connectivity index (χ0n) is 18.9. The number of aromatic nitrogens is 3. The average Bonchev–Trinajstić information content (AvgIpc) is 3.22. The van der Waals surface area contributed by atoms with Gasteiger partial charge >= 0.3 is 0 Å². The minimum absolute atomic E-state index is 0.0476. The topological polar surface area (TPSA) is 102 Å². The molecule has 3 heterocycles. The Hall–Kier alpha value is -4.34. The largest absolute Gasteiger partial charge is 0.495 e. The molecule has 0 fully saturated rings. The number of halogens is 1. The lowest BCUT2D eigenvalue weighted by molar-refractivity contribution is 0.0925. The number of benzene rings is 2. The highest BCUT2D eigenvalue weighted by Gasteiger charge is 2.29. The van der Waals surface area contributed by atoms with E-state index < -0.39 is 5.82 Å². The number of carbonyl (C=O) groups is 1. The smallest absolute Gasteiger partial charge is 0.271 e. The Labute approximate surface area is 194 Å². The van der Waals surface area contributed by atoms with E-state index in [4.69, 9.17) is 14.6 Å². The molecule has 0 unspecified atom stereocenters. The van der Waals surface area contributed by atoms with Gasteiger partial charge in [0.25, 0.3) is 5.91 Å². The van der Waals surface area contributed by atoms with Crippen molar-refractivity contribution < 1.29 is 18.7 Å². The molecule has 0 bridgehead atoms. The number of ether oxygens (including phenoxy) is 2. The number of nitrogens with one attached hydrogen (secondary N) is 3. The number of anilines is 3. The minimum atomic E-state index is -0.514. The number of para-hydroxylation sites is 1. The van der Waals surface area contributed by atoms with Gasteiger partial charge in [0.15, 0.2) is 11.6 Å². The van der Waals surface area contributed by atoms with Gasteiger partial charge in [-0.15, -0.1) is 0 Å². The molecule has 0 aliphatic carbocycles. The standard InChI is InChI=1S/C24H23FN6O3/c1-26-18-11-14-13(7-8-27-17(14)12-19(18)33-2)20-21(22-24(32)28-9-10-31(22)30-20)29-16-6-4-5-15(25)23(16)34-3/h4-8,11-12,26,29H,9-10H2,1-3H3,(H,28,32). The van der Waals surface area contributed by atoms with Crippen molar-refractivity contribution in [2.45, 2.75) is 6.54 Å². The van der Waals surface area contributed by atoms with Crippen LogP contribution < -0.4 is 25.4 Å². The van der Waals surface area contributed by atoms with Crippen LogP contribution in [0.4, 0.5) is 21.5 Å². The number of fused-ring (bicyclic) bond motifs is 2. The molecule has 0 radical (unpaired) electrons. The predicted octanol–water partition coefficient (Wildman–Crippen LogP) is 3.78. The van der Waals surface area contributed by atoms with Gasteiger partial charge < -0.3 is 25.4 Å². The highest BCUT2D eigenvalue weighted by atomic mass is 19.1. The molecule has 9 nitrogen and oxygen atoms in total. The Morgan fingerprint density at radius 3 is 2.76 bits per heavy atom. The zero-order valence-corrected chi connectivity index (χ0v) is 18.9. The van der Waals surface area contributed by atoms with Crippen LogP contribution in [0.25, 0.3) is 22.2 Å². The Bertz CT molecular complexity index is 1420. The maximum Gasteiger partial charge on any atom is 0.271 e. The summed E-state index contributed by atoms with van der Waals surface area (Å²) in [5, 5.41) is 14.8. The van der Waals surface area contributed by atoms with E-state index in [9.17, 15) is 9.18 Å². The normalized spacial score (nSPS) is 12.8. The van der Waals surface area contributed by atoms with E-state index in [1.807, 2.05) is 25.2 Å². The SMILES string of the molecule is CNc1cc2c(-c3nn4c(c3Nc3cccc(F)c3OC)C(=O)NCC4)ccnc2cc1OC. The monoisotopic (exact) mass is 462 g/mol. The van der Waals surface area contributed by atoms with Crippen LogP contribution >= 0.6 is 0 Å². The van der Waals surface area contributed by atoms with Crippen molar-refractivity contribution in [1.29, 1.82) is 0 Å². The molecule has 1 aliphatic heterocycles. The number of rotatable bonds is 6. The molecule has 2 aromatic heterocycles. The summed E-state index contributed by atoms with van der Waals surface area (Å²) in [7, 11) is 4.80. The highest BCUT2D eigenvalue weighted by Crippen LogP contribution is 2.41. The third-order valence-corrected chi connectivity index (χ3v) is 5.79. The summed E-state index contributed by atoms with van der Waals surface area (Å²) in [6, 6.07) is 10.2. The Balaban J connectivity index is 1.76. The van der Waals surface area contributed by atoms with Crippen LogP contribution in [-0.4, -0.2) is 48.5 Å². The molecule has 5 rings (SSSR count). The first kappa shape index (κ1) is 21.5. The molecule has 0 saturated heterocycles. The molecule has 0 spiro atoms. The fraction of sp³-hybridized carbons (Fsp3) is 0.208. The Morgan fingerprint density at radius 2 is 2.00 bits per heavy atom. The van der Waals surface area contributed by atoms with Crippen molar-refractivity contribution in [2.75, 3.05) is 38.4 Å². The molecule has 0 atom stereocenters. The molecule has 34 heavy (non-hydrogen) atoms. The lowest BCUT2D eigenvalue weighted by atomic mass is 10.0. The molecule has 0 saturated carbocycles. The van der Waals surface area contributed by atoms with E-state index in [1.54, 1.807) is 30.1 Å². The number of nitrogens with zero attached hydrogens (tertiary/aromatic N) is 3. The van der Waals surface area contributed by atoms with Crippen LogP contribution in [0.2, 0.25) is 0 Å². The molecule has 2 aromatic carbocycles. The summed E-state index contributed by atoms with van der Waals surface area (Å²) in [5.41, 5.74) is 3.99. The molecule has 174 valence electrons. The van der Waals surface area contributed by atoms with Gasteiger partial charge in [-0.05, 0) is 24.3 Å². The second-order valence-corrected chi connectivity index (χ2v) is 7.68. The van der Waals surface area contributed by atoms with Gasteiger partial charge in [-0.3, -0.25) is 14.5 Å². The number of hydrogen-bond donors (Lipinski definition) is 3. The molecule has 1 aliphatic rings. The first-order chi connectivity index (χ1) is 16.5. The van der Waals surface area contributed by atoms with Gasteiger partial charge in [-0.1, -0.05) is 6.07 Å². The first-order valence-electron chi connectivity index (χ1n) is 10.7. The van der Waals surface area contributed by atoms with E-state index in [0.717, 1.165) is 16.6 Å². The van der Waals surface area contributed by atoms with Gasteiger partial charge in [-0.2, -0.15) is 5.10 Å². The van der Waals surface area contributed by atoms with Gasteiger partial charge in [0, 0.05) is 36.8 Å². The summed E-state index contributed by atoms with van der Waals surface area (Å²) < 4.78 is 26.8. The molecular weight excluding hydrogens is 439 g/mol. The van der Waals surface area contributed by atoms with Crippen molar-refractivity contribution >= 4 is 33.9 Å². The fourth-order valence-corrected chi connectivity index (χ4v) is 4.21. The molecule has 3 N–H and O–H groups in total. The van der Waals surface area contributed by atoms with E-state index in [2.05, 4.69) is 20.9 Å². The lowest BCUT2D eigenvalue weighted by Crippen LogP contribution is -2.35. The molecule has 10 heteroatoms. The second kappa shape index (κ2) is 8.54. The first-order valence-corrected chi connectivity index (χ1v) is 10.7. The third kappa shape index (κ3) is 3.43. The van der Waals surface area contributed by atoms with E-state index in [-0.39, 0.29) is 11.7 Å². The minimum Gasteiger partial charge on any atom is -0.495 e. The second-order valence-electron chi connectivity index (χ2n) is 7.68. The number of methoxy groups -OCH3 is 2. The van der Waals surface area contributed by atoms with E-state index >= 15 is 0 Å². The van der Waals surface area contributed by atoms with Crippen LogP contribution in [0.5, 0.6) is 11.5 Å². The van der Waals surface area contributed by atoms with Crippen molar-refractivity contribution in [3.8, 4) is 22.8 Å². The Kier molecular flexibility index (Phi) is 5.40. The van der Waals surface area contributed by atoms with Gasteiger partial charge in [-0.25, -0.2) is 4.39 Å². The van der Waals surface area contributed by atoms with Gasteiger partial charge in [0.05, 0.1) is 43.3 Å². The number of amides is 1. The summed E-state index contributed by atoms with van der Waals surface area (Å²) >= 11 is 0. The summed E-state index contributed by atoms with van der Waals surface area (Å²) in [6.07, 6.45) is 1.68. The summed E-state index contributed by atoms with van der Waals surface area (Å²) in [6.45, 7) is 0.975. The molecule has 4 aromatic rings. The van der Waals surface area contributed by atoms with Crippen LogP contribution in [0.3, 0.4) is 0 Å². The van der Waals surface area contributed by atoms with Crippen LogP contribution in [-0.2, 0) is 6.54 Å². The fourth-order valence-electron chi connectivity index (χ4n) is 4.21. The summed E-state index contributed by atoms with van der Waals surface area (Å²) in [4.78, 5) is 17.3. The average molecular weight is 462 g/mol. The van der Waals surface area contributed by atoms with Crippen molar-refractivity contribution in [2.24, 2.45) is 0 Å². The molecule has 1 amide bonds. The van der Waals surface area contributed by atoms with E-state index in [0.29, 0.717) is 47.1 Å². The van der Waals surface area contributed by atoms with Crippen LogP contribution in [0, 0.1) is 5.82 Å². The molecular formula is C24H23FN6O3. The van der Waals surface area contributed by atoms with E-state index in [1.165, 1.54) is 13.2 Å². The third-order valence-electron chi connectivity index (χ3n) is 5.79. The maximum atomic E-state index is 14.4. The summed E-state index contributed by atoms with van der Waals surface area (Å²) in [5.74, 6) is -0.0733. The Morgan fingerprint density at radius 1 is 1.15 bits per heavy atom. The predicted molar refractivity (Wildman–Crippen MR) is 128 cm³/mol. The van der Waals surface area contributed by atoms with Gasteiger partial charge in [0.2, 0.25) is 0 Å². The number of carbonyl (C=O) groups excluding carboxylic acids is 1. The van der Waals surface area contributed by atoms with Crippen molar-refractivity contribution in [1.82, 2.24) is 20.1 Å². The highest BCUT2D eigenvalue weighted by molar-refractivity contribution is 6.06. The van der Waals surface area contributed by atoms with Crippen molar-refractivity contribution in [3.05, 3.63) is 54.1 Å². The number of hydrogen-bond acceptors (Lipinski definition) is 7. The number of pyridine rings is 1. The lowest BCUT2D eigenvalue weighted by Gasteiger charge is -2.17. The van der Waals surface area contributed by atoms with Gasteiger partial charge in [0.1, 0.15) is 17.1 Å².